The van der Waals surface area contributed by atoms with E-state index in [-0.39, 0.29) is 17.5 Å². The molecule has 0 radical (unpaired) electrons. The number of carbonyl (C=O) groups is 1. The lowest BCUT2D eigenvalue weighted by atomic mass is 10.1. The Morgan fingerprint density at radius 2 is 2.25 bits per heavy atom. The molecule has 4 heteroatoms. The van der Waals surface area contributed by atoms with E-state index in [1.54, 1.807) is 0 Å². The summed E-state index contributed by atoms with van der Waals surface area (Å²) in [4.78, 5) is 14.2. The fourth-order valence-electron chi connectivity index (χ4n) is 2.11. The topological polar surface area (TPSA) is 58.4 Å². The van der Waals surface area contributed by atoms with Crippen molar-refractivity contribution in [3.05, 3.63) is 0 Å². The quantitative estimate of drug-likeness (QED) is 0.727. The van der Waals surface area contributed by atoms with Crippen LogP contribution in [0.15, 0.2) is 0 Å². The first-order valence-corrected chi connectivity index (χ1v) is 6.24. The van der Waals surface area contributed by atoms with Crippen LogP contribution in [-0.2, 0) is 4.79 Å². The minimum Gasteiger partial charge on any atom is -0.353 e. The molecule has 1 aliphatic rings. The van der Waals surface area contributed by atoms with Crippen molar-refractivity contribution in [3.8, 4) is 0 Å². The minimum atomic E-state index is -0.330. The van der Waals surface area contributed by atoms with Gasteiger partial charge in [0.15, 0.2) is 0 Å². The normalized spacial score (nSPS) is 22.4. The van der Waals surface area contributed by atoms with Crippen molar-refractivity contribution in [1.82, 2.24) is 10.2 Å². The number of amides is 1. The van der Waals surface area contributed by atoms with E-state index in [1.165, 1.54) is 0 Å². The fourth-order valence-corrected chi connectivity index (χ4v) is 2.11. The Bertz CT molecular complexity index is 235. The lowest BCUT2D eigenvalue weighted by Gasteiger charge is -2.25. The highest BCUT2D eigenvalue weighted by atomic mass is 16.2. The molecule has 0 aromatic rings. The largest absolute Gasteiger partial charge is 0.353 e. The Morgan fingerprint density at radius 1 is 1.56 bits per heavy atom. The summed E-state index contributed by atoms with van der Waals surface area (Å²) in [6, 6.07) is 0.0716. The van der Waals surface area contributed by atoms with Crippen molar-refractivity contribution in [1.29, 1.82) is 0 Å². The number of nitrogens with one attached hydrogen (secondary N) is 1. The van der Waals surface area contributed by atoms with E-state index in [1.807, 2.05) is 13.8 Å². The molecule has 1 unspecified atom stereocenters. The summed E-state index contributed by atoms with van der Waals surface area (Å²) in [6.07, 6.45) is 3.22. The molecule has 1 rings (SSSR count). The summed E-state index contributed by atoms with van der Waals surface area (Å²) in [5.41, 5.74) is 5.52. The highest BCUT2D eigenvalue weighted by Gasteiger charge is 2.30. The van der Waals surface area contributed by atoms with Gasteiger partial charge < -0.3 is 11.1 Å². The lowest BCUT2D eigenvalue weighted by molar-refractivity contribution is -0.125. The first-order valence-electron chi connectivity index (χ1n) is 6.24. The Kier molecular flexibility index (Phi) is 4.74. The number of hydrogen-bond acceptors (Lipinski definition) is 3. The van der Waals surface area contributed by atoms with Gasteiger partial charge >= 0.3 is 0 Å². The number of nitrogens with two attached hydrogens (primary N) is 1. The summed E-state index contributed by atoms with van der Waals surface area (Å²) in [7, 11) is 0. The molecule has 0 aromatic heterocycles. The molecule has 1 heterocycles. The predicted molar refractivity (Wildman–Crippen MR) is 66.2 cm³/mol. The summed E-state index contributed by atoms with van der Waals surface area (Å²) < 4.78 is 0. The second kappa shape index (κ2) is 5.64. The number of likely N-dealkylation sites (tertiary alicyclic amines) is 1. The Labute approximate surface area is 98.6 Å². The third-order valence-corrected chi connectivity index (χ3v) is 2.90. The van der Waals surface area contributed by atoms with Gasteiger partial charge in [-0.05, 0) is 46.2 Å². The van der Waals surface area contributed by atoms with E-state index in [2.05, 4.69) is 17.1 Å². The van der Waals surface area contributed by atoms with Gasteiger partial charge in [-0.25, -0.2) is 0 Å². The average molecular weight is 227 g/mol. The van der Waals surface area contributed by atoms with Gasteiger partial charge in [0.1, 0.15) is 0 Å². The van der Waals surface area contributed by atoms with Gasteiger partial charge in [-0.3, -0.25) is 9.69 Å². The molecule has 94 valence electrons. The third kappa shape index (κ3) is 4.10. The van der Waals surface area contributed by atoms with Gasteiger partial charge in [0.2, 0.25) is 5.91 Å². The zero-order valence-electron chi connectivity index (χ0n) is 10.8. The van der Waals surface area contributed by atoms with Crippen molar-refractivity contribution < 1.29 is 4.79 Å². The van der Waals surface area contributed by atoms with E-state index in [0.717, 1.165) is 32.4 Å². The van der Waals surface area contributed by atoms with Crippen LogP contribution in [0, 0.1) is 0 Å². The Balaban J connectivity index is 2.40. The van der Waals surface area contributed by atoms with Crippen molar-refractivity contribution >= 4 is 5.91 Å². The van der Waals surface area contributed by atoms with Crippen molar-refractivity contribution in [2.75, 3.05) is 19.6 Å². The molecule has 0 bridgehead atoms. The van der Waals surface area contributed by atoms with Crippen LogP contribution in [0.4, 0.5) is 0 Å². The van der Waals surface area contributed by atoms with Crippen LogP contribution >= 0.6 is 0 Å². The minimum absolute atomic E-state index is 0.0716. The van der Waals surface area contributed by atoms with Crippen LogP contribution in [0.5, 0.6) is 0 Å². The van der Waals surface area contributed by atoms with Gasteiger partial charge in [0.25, 0.3) is 0 Å². The van der Waals surface area contributed by atoms with Crippen LogP contribution in [-0.4, -0.2) is 42.0 Å². The van der Waals surface area contributed by atoms with E-state index in [4.69, 9.17) is 5.73 Å². The molecule has 3 N–H and O–H groups in total. The summed E-state index contributed by atoms with van der Waals surface area (Å²) in [6.45, 7) is 8.61. The van der Waals surface area contributed by atoms with Crippen LogP contribution in [0.2, 0.25) is 0 Å². The molecule has 0 saturated carbocycles. The first kappa shape index (κ1) is 13.5. The number of hydrogen-bond donors (Lipinski definition) is 2. The molecule has 1 saturated heterocycles. The maximum absolute atomic E-state index is 12.0. The Hall–Kier alpha value is -0.610. The monoisotopic (exact) mass is 227 g/mol. The predicted octanol–water partition coefficient (Wildman–Crippen LogP) is 0.714. The van der Waals surface area contributed by atoms with E-state index in [0.29, 0.717) is 6.54 Å². The number of carbonyl (C=O) groups excluding carboxylic acids is 1. The summed E-state index contributed by atoms with van der Waals surface area (Å²) in [5, 5.41) is 2.95. The molecule has 0 spiro atoms. The molecule has 1 fully saturated rings. The van der Waals surface area contributed by atoms with Crippen molar-refractivity contribution in [3.63, 3.8) is 0 Å². The molecule has 1 atom stereocenters. The van der Waals surface area contributed by atoms with Crippen LogP contribution in [0.1, 0.15) is 40.0 Å². The van der Waals surface area contributed by atoms with E-state index >= 15 is 0 Å². The van der Waals surface area contributed by atoms with E-state index in [9.17, 15) is 4.79 Å². The SMILES string of the molecule is CCCN1CCCC1C(=O)NCC(C)(C)N. The Morgan fingerprint density at radius 3 is 2.81 bits per heavy atom. The highest BCUT2D eigenvalue weighted by Crippen LogP contribution is 2.17. The van der Waals surface area contributed by atoms with Crippen LogP contribution in [0.25, 0.3) is 0 Å². The maximum atomic E-state index is 12.0. The van der Waals surface area contributed by atoms with Crippen molar-refractivity contribution in [2.45, 2.75) is 51.6 Å². The van der Waals surface area contributed by atoms with Gasteiger partial charge in [0, 0.05) is 12.1 Å². The smallest absolute Gasteiger partial charge is 0.237 e. The molecule has 1 amide bonds. The second-order valence-corrected chi connectivity index (χ2v) is 5.40. The summed E-state index contributed by atoms with van der Waals surface area (Å²) in [5.74, 6) is 0.143. The number of rotatable bonds is 5. The molecule has 4 nitrogen and oxygen atoms in total. The zero-order chi connectivity index (χ0) is 12.2. The number of nitrogens with zero attached hydrogens (tertiary/aromatic N) is 1. The third-order valence-electron chi connectivity index (χ3n) is 2.90. The molecule has 16 heavy (non-hydrogen) atoms. The van der Waals surface area contributed by atoms with Crippen LogP contribution in [0.3, 0.4) is 0 Å². The van der Waals surface area contributed by atoms with Gasteiger partial charge in [0.05, 0.1) is 6.04 Å². The van der Waals surface area contributed by atoms with Gasteiger partial charge in [-0.2, -0.15) is 0 Å². The lowest BCUT2D eigenvalue weighted by Crippen LogP contribution is -2.50. The molecule has 1 aliphatic heterocycles. The maximum Gasteiger partial charge on any atom is 0.237 e. The molecular weight excluding hydrogens is 202 g/mol. The van der Waals surface area contributed by atoms with Gasteiger partial charge in [-0.1, -0.05) is 6.92 Å². The first-order chi connectivity index (χ1) is 7.44. The standard InChI is InChI=1S/C12H25N3O/c1-4-7-15-8-5-6-10(15)11(16)14-9-12(2,3)13/h10H,4-9,13H2,1-3H3,(H,14,16). The van der Waals surface area contributed by atoms with Gasteiger partial charge in [-0.15, -0.1) is 0 Å². The average Bonchev–Trinajstić information content (AvgIpc) is 2.62. The molecular formula is C12H25N3O. The van der Waals surface area contributed by atoms with Crippen molar-refractivity contribution in [2.24, 2.45) is 5.73 Å². The second-order valence-electron chi connectivity index (χ2n) is 5.40. The fraction of sp³-hybridized carbons (Fsp3) is 0.917. The van der Waals surface area contributed by atoms with Crippen LogP contribution < -0.4 is 11.1 Å². The zero-order valence-corrected chi connectivity index (χ0v) is 10.8. The summed E-state index contributed by atoms with van der Waals surface area (Å²) >= 11 is 0. The molecule has 0 aromatic carbocycles. The molecule has 0 aliphatic carbocycles. The van der Waals surface area contributed by atoms with E-state index < -0.39 is 0 Å². The highest BCUT2D eigenvalue weighted by molar-refractivity contribution is 5.82.